The fourth-order valence-corrected chi connectivity index (χ4v) is 2.20. The van der Waals surface area contributed by atoms with Gasteiger partial charge in [0.1, 0.15) is 6.61 Å². The number of rotatable bonds is 4. The van der Waals surface area contributed by atoms with E-state index in [1.807, 2.05) is 24.3 Å². The predicted octanol–water partition coefficient (Wildman–Crippen LogP) is 4.24. The molecule has 0 heterocycles. The lowest BCUT2D eigenvalue weighted by atomic mass is 10.2. The Balaban J connectivity index is 2.22. The van der Waals surface area contributed by atoms with Crippen molar-refractivity contribution in [3.05, 3.63) is 68.2 Å². The highest BCUT2D eigenvalue weighted by Gasteiger charge is 2.16. The van der Waals surface area contributed by atoms with E-state index in [-0.39, 0.29) is 5.69 Å². The van der Waals surface area contributed by atoms with Gasteiger partial charge in [0, 0.05) is 10.5 Å². The van der Waals surface area contributed by atoms with Crippen molar-refractivity contribution in [1.29, 1.82) is 0 Å². The number of para-hydroxylation sites is 1. The lowest BCUT2D eigenvalue weighted by Gasteiger charge is -2.09. The molecule has 0 saturated heterocycles. The summed E-state index contributed by atoms with van der Waals surface area (Å²) in [6.45, 7) is 2.09. The Morgan fingerprint density at radius 3 is 2.68 bits per heavy atom. The quantitative estimate of drug-likeness (QED) is 0.625. The number of nitro groups is 1. The number of benzene rings is 2. The molecular weight excluding hydrogens is 310 g/mol. The number of aryl methyl sites for hydroxylation is 1. The topological polar surface area (TPSA) is 52.4 Å². The van der Waals surface area contributed by atoms with Crippen LogP contribution >= 0.6 is 15.9 Å². The third-order valence-corrected chi connectivity index (χ3v) is 3.15. The summed E-state index contributed by atoms with van der Waals surface area (Å²) < 4.78 is 6.56. The third-order valence-electron chi connectivity index (χ3n) is 2.66. The summed E-state index contributed by atoms with van der Waals surface area (Å²) in [4.78, 5) is 10.5. The molecule has 0 spiro atoms. The molecule has 19 heavy (non-hydrogen) atoms. The Hall–Kier alpha value is -1.88. The lowest BCUT2D eigenvalue weighted by molar-refractivity contribution is -0.386. The van der Waals surface area contributed by atoms with Gasteiger partial charge in [-0.2, -0.15) is 0 Å². The molecule has 5 heteroatoms. The summed E-state index contributed by atoms with van der Waals surface area (Å²) in [6, 6.07) is 12.5. The number of halogens is 1. The molecule has 0 bridgehead atoms. The summed E-state index contributed by atoms with van der Waals surface area (Å²) >= 11 is 3.38. The van der Waals surface area contributed by atoms with Gasteiger partial charge in [-0.05, 0) is 30.2 Å². The maximum absolute atomic E-state index is 11.0. The second-order valence-electron chi connectivity index (χ2n) is 4.10. The van der Waals surface area contributed by atoms with Gasteiger partial charge in [-0.25, -0.2) is 0 Å². The van der Waals surface area contributed by atoms with Crippen LogP contribution in [0.1, 0.15) is 11.1 Å². The van der Waals surface area contributed by atoms with Crippen molar-refractivity contribution in [1.82, 2.24) is 0 Å². The van der Waals surface area contributed by atoms with E-state index < -0.39 is 4.92 Å². The van der Waals surface area contributed by atoms with Crippen molar-refractivity contribution in [3.8, 4) is 5.75 Å². The second kappa shape index (κ2) is 5.84. The normalized spacial score (nSPS) is 10.2. The second-order valence-corrected chi connectivity index (χ2v) is 5.01. The van der Waals surface area contributed by atoms with Gasteiger partial charge < -0.3 is 4.74 Å². The highest BCUT2D eigenvalue weighted by atomic mass is 79.9. The van der Waals surface area contributed by atoms with Crippen molar-refractivity contribution in [2.45, 2.75) is 13.5 Å². The van der Waals surface area contributed by atoms with Gasteiger partial charge in [0.15, 0.2) is 5.75 Å². The van der Waals surface area contributed by atoms with E-state index >= 15 is 0 Å². The third kappa shape index (κ3) is 3.32. The van der Waals surface area contributed by atoms with Crippen LogP contribution in [-0.2, 0) is 6.61 Å². The van der Waals surface area contributed by atoms with Crippen LogP contribution in [0.5, 0.6) is 5.75 Å². The van der Waals surface area contributed by atoms with Crippen molar-refractivity contribution in [2.24, 2.45) is 0 Å². The molecule has 0 radical (unpaired) electrons. The molecule has 0 aliphatic rings. The van der Waals surface area contributed by atoms with E-state index in [1.54, 1.807) is 19.1 Å². The zero-order chi connectivity index (χ0) is 13.8. The molecule has 2 rings (SSSR count). The van der Waals surface area contributed by atoms with Crippen LogP contribution in [0, 0.1) is 17.0 Å². The maximum atomic E-state index is 11.0. The molecule has 0 saturated carbocycles. The molecular formula is C14H12BrNO3. The first-order valence-corrected chi connectivity index (χ1v) is 6.48. The predicted molar refractivity (Wildman–Crippen MR) is 76.3 cm³/mol. The molecule has 0 aromatic heterocycles. The van der Waals surface area contributed by atoms with Crippen LogP contribution in [-0.4, -0.2) is 4.92 Å². The minimum Gasteiger partial charge on any atom is -0.482 e. The maximum Gasteiger partial charge on any atom is 0.311 e. The van der Waals surface area contributed by atoms with Gasteiger partial charge in [0.2, 0.25) is 0 Å². The van der Waals surface area contributed by atoms with Crippen LogP contribution in [0.25, 0.3) is 0 Å². The number of nitro benzene ring substituents is 1. The molecule has 0 unspecified atom stereocenters. The first-order valence-electron chi connectivity index (χ1n) is 5.69. The summed E-state index contributed by atoms with van der Waals surface area (Å²) in [6.07, 6.45) is 0. The van der Waals surface area contributed by atoms with Gasteiger partial charge in [-0.3, -0.25) is 10.1 Å². The Morgan fingerprint density at radius 1 is 1.26 bits per heavy atom. The largest absolute Gasteiger partial charge is 0.482 e. The Kier molecular flexibility index (Phi) is 4.16. The van der Waals surface area contributed by atoms with Gasteiger partial charge in [0.05, 0.1) is 4.92 Å². The van der Waals surface area contributed by atoms with Gasteiger partial charge >= 0.3 is 5.69 Å². The number of hydrogen-bond acceptors (Lipinski definition) is 3. The zero-order valence-electron chi connectivity index (χ0n) is 10.3. The van der Waals surface area contributed by atoms with Crippen molar-refractivity contribution >= 4 is 21.6 Å². The molecule has 0 aliphatic heterocycles. The Labute approximate surface area is 119 Å². The van der Waals surface area contributed by atoms with E-state index in [1.165, 1.54) is 6.07 Å². The highest BCUT2D eigenvalue weighted by Crippen LogP contribution is 2.31. The fraction of sp³-hybridized carbons (Fsp3) is 0.143. The standard InChI is InChI=1S/C14H12BrNO3/c1-10-4-2-7-13(16(17)18)14(10)19-9-11-5-3-6-12(15)8-11/h2-8H,9H2,1H3. The van der Waals surface area contributed by atoms with Crippen molar-refractivity contribution in [2.75, 3.05) is 0 Å². The van der Waals surface area contributed by atoms with Crippen LogP contribution in [0.4, 0.5) is 5.69 Å². The molecule has 0 aliphatic carbocycles. The zero-order valence-corrected chi connectivity index (χ0v) is 11.9. The fourth-order valence-electron chi connectivity index (χ4n) is 1.75. The van der Waals surface area contributed by atoms with Crippen molar-refractivity contribution < 1.29 is 9.66 Å². The molecule has 0 fully saturated rings. The van der Waals surface area contributed by atoms with Crippen LogP contribution in [0.15, 0.2) is 46.9 Å². The summed E-state index contributed by atoms with van der Waals surface area (Å²) in [5.41, 5.74) is 1.70. The van der Waals surface area contributed by atoms with E-state index in [0.29, 0.717) is 12.4 Å². The first-order chi connectivity index (χ1) is 9.08. The van der Waals surface area contributed by atoms with Gasteiger partial charge in [0.25, 0.3) is 0 Å². The van der Waals surface area contributed by atoms with Crippen LogP contribution in [0.2, 0.25) is 0 Å². The average Bonchev–Trinajstić information content (AvgIpc) is 2.37. The SMILES string of the molecule is Cc1cccc([N+](=O)[O-])c1OCc1cccc(Br)c1. The smallest absolute Gasteiger partial charge is 0.311 e. The minimum absolute atomic E-state index is 0.00463. The van der Waals surface area contributed by atoms with Crippen molar-refractivity contribution in [3.63, 3.8) is 0 Å². The van der Waals surface area contributed by atoms with Crippen LogP contribution in [0.3, 0.4) is 0 Å². The highest BCUT2D eigenvalue weighted by molar-refractivity contribution is 9.10. The molecule has 98 valence electrons. The molecule has 0 atom stereocenters. The Bertz CT molecular complexity index is 613. The number of ether oxygens (including phenoxy) is 1. The summed E-state index contributed by atoms with van der Waals surface area (Å²) in [5.74, 6) is 0.326. The molecule has 0 amide bonds. The average molecular weight is 322 g/mol. The lowest BCUT2D eigenvalue weighted by Crippen LogP contribution is -2.00. The van der Waals surface area contributed by atoms with Gasteiger partial charge in [-0.1, -0.05) is 40.2 Å². The van der Waals surface area contributed by atoms with Gasteiger partial charge in [-0.15, -0.1) is 0 Å². The van der Waals surface area contributed by atoms with E-state index in [9.17, 15) is 10.1 Å². The molecule has 2 aromatic rings. The first kappa shape index (κ1) is 13.5. The molecule has 4 nitrogen and oxygen atoms in total. The number of nitrogens with zero attached hydrogens (tertiary/aromatic N) is 1. The van der Waals surface area contributed by atoms with E-state index in [2.05, 4.69) is 15.9 Å². The monoisotopic (exact) mass is 321 g/mol. The van der Waals surface area contributed by atoms with E-state index in [4.69, 9.17) is 4.74 Å². The molecule has 0 N–H and O–H groups in total. The molecule has 2 aromatic carbocycles. The summed E-state index contributed by atoms with van der Waals surface area (Å²) in [7, 11) is 0. The number of hydrogen-bond donors (Lipinski definition) is 0. The Morgan fingerprint density at radius 2 is 2.00 bits per heavy atom. The van der Waals surface area contributed by atoms with E-state index in [0.717, 1.165) is 15.6 Å². The van der Waals surface area contributed by atoms with Crippen LogP contribution < -0.4 is 4.74 Å². The minimum atomic E-state index is -0.427. The summed E-state index contributed by atoms with van der Waals surface area (Å²) in [5, 5.41) is 11.0.